The van der Waals surface area contributed by atoms with Crippen molar-refractivity contribution in [2.75, 3.05) is 44.2 Å². The van der Waals surface area contributed by atoms with Crippen LogP contribution in [-0.4, -0.2) is 91.7 Å². The number of rotatable bonds is 8. The van der Waals surface area contributed by atoms with Gasteiger partial charge in [0.1, 0.15) is 23.6 Å². The molecule has 3 fully saturated rings. The number of ether oxygens (including phenoxy) is 1. The van der Waals surface area contributed by atoms with Crippen LogP contribution in [0, 0.1) is 24.1 Å². The summed E-state index contributed by atoms with van der Waals surface area (Å²) in [4.78, 5) is 37.7. The van der Waals surface area contributed by atoms with E-state index in [1.54, 1.807) is 30.2 Å². The number of hydrogen-bond donors (Lipinski definition) is 0. The Hall–Kier alpha value is -5.19. The molecule has 12 nitrogen and oxygen atoms in total. The number of halogens is 2. The molecule has 0 radical (unpaired) electrons. The highest BCUT2D eigenvalue weighted by atomic mass is 35.5. The van der Waals surface area contributed by atoms with Gasteiger partial charge in [-0.25, -0.2) is 4.39 Å². The van der Waals surface area contributed by atoms with Crippen LogP contribution >= 0.6 is 11.6 Å². The zero-order chi connectivity index (χ0) is 35.1. The van der Waals surface area contributed by atoms with Crippen LogP contribution in [0.25, 0.3) is 39.0 Å². The van der Waals surface area contributed by atoms with Crippen molar-refractivity contribution >= 4 is 51.1 Å². The van der Waals surface area contributed by atoms with E-state index in [-0.39, 0.29) is 47.5 Å². The Labute approximate surface area is 298 Å². The number of nitriles is 1. The van der Waals surface area contributed by atoms with Crippen molar-refractivity contribution in [2.45, 2.75) is 50.6 Å². The van der Waals surface area contributed by atoms with Gasteiger partial charge in [-0.2, -0.15) is 20.2 Å². The van der Waals surface area contributed by atoms with Gasteiger partial charge in [0.25, 0.3) is 5.89 Å². The summed E-state index contributed by atoms with van der Waals surface area (Å²) in [5.74, 6) is 0.210. The number of aromatic nitrogens is 5. The van der Waals surface area contributed by atoms with Crippen molar-refractivity contribution in [3.8, 4) is 23.3 Å². The lowest BCUT2D eigenvalue weighted by atomic mass is 9.95. The number of fused-ring (bicyclic) bond motifs is 3. The number of amides is 1. The standard InChI is InChI=1S/C37H35ClFN9O3/c1-23-42-29(51-45-23)10-11-30(49)48-19-18-46(21-25(48)12-15-40)35-27-20-41-33(26-8-2-6-24-7-3-9-28(38)31(24)26)32(39)34(27)43-36(44-35)50-22-37-13-4-16-47(37)17-5-14-37/h2-3,6-11,20,25H,4-5,12-14,16-19,21-22H2,1H3/b11-10+/t25-/m0/s1. The van der Waals surface area contributed by atoms with E-state index in [0.29, 0.717) is 52.7 Å². The molecule has 0 bridgehead atoms. The lowest BCUT2D eigenvalue weighted by Crippen LogP contribution is -2.55. The highest BCUT2D eigenvalue weighted by Gasteiger charge is 2.45. The van der Waals surface area contributed by atoms with Crippen LogP contribution in [0.4, 0.5) is 10.2 Å². The predicted molar refractivity (Wildman–Crippen MR) is 190 cm³/mol. The lowest BCUT2D eigenvalue weighted by Gasteiger charge is -2.41. The molecule has 0 saturated carbocycles. The third-order valence-corrected chi connectivity index (χ3v) is 10.7. The van der Waals surface area contributed by atoms with Crippen molar-refractivity contribution in [1.29, 1.82) is 5.26 Å². The maximum absolute atomic E-state index is 16.9. The smallest absolute Gasteiger partial charge is 0.319 e. The Bertz CT molecular complexity index is 2200. The molecule has 3 aromatic heterocycles. The van der Waals surface area contributed by atoms with E-state index in [1.165, 1.54) is 12.2 Å². The van der Waals surface area contributed by atoms with Crippen LogP contribution in [0.2, 0.25) is 5.02 Å². The first-order valence-electron chi connectivity index (χ1n) is 17.2. The Morgan fingerprint density at radius 2 is 1.94 bits per heavy atom. The number of piperazine rings is 1. The Balaban J connectivity index is 1.17. The van der Waals surface area contributed by atoms with Crippen LogP contribution in [0.3, 0.4) is 0 Å². The topological polar surface area (TPSA) is 137 Å². The molecule has 1 atom stereocenters. The number of carbonyl (C=O) groups excluding carboxylic acids is 1. The fraction of sp³-hybridized carbons (Fsp3) is 0.378. The summed E-state index contributed by atoms with van der Waals surface area (Å²) < 4.78 is 28.4. The van der Waals surface area contributed by atoms with Crippen LogP contribution in [-0.2, 0) is 4.79 Å². The number of carbonyl (C=O) groups is 1. The van der Waals surface area contributed by atoms with Gasteiger partial charge >= 0.3 is 6.01 Å². The molecular formula is C37H35ClFN9O3. The van der Waals surface area contributed by atoms with E-state index in [1.807, 2.05) is 29.2 Å². The number of aryl methyl sites for hydroxylation is 1. The second kappa shape index (κ2) is 13.5. The number of pyridine rings is 1. The Kier molecular flexibility index (Phi) is 8.73. The van der Waals surface area contributed by atoms with E-state index >= 15 is 4.39 Å². The van der Waals surface area contributed by atoms with Crippen molar-refractivity contribution in [3.05, 3.63) is 71.2 Å². The number of benzene rings is 2. The summed E-state index contributed by atoms with van der Waals surface area (Å²) in [6, 6.07) is 12.9. The minimum absolute atomic E-state index is 0.0720. The lowest BCUT2D eigenvalue weighted by molar-refractivity contribution is -0.128. The van der Waals surface area contributed by atoms with Crippen molar-refractivity contribution in [2.24, 2.45) is 0 Å². The van der Waals surface area contributed by atoms with Gasteiger partial charge in [-0.05, 0) is 57.1 Å². The highest BCUT2D eigenvalue weighted by Crippen LogP contribution is 2.40. The largest absolute Gasteiger partial charge is 0.461 e. The zero-order valence-corrected chi connectivity index (χ0v) is 28.8. The predicted octanol–water partition coefficient (Wildman–Crippen LogP) is 5.98. The highest BCUT2D eigenvalue weighted by molar-refractivity contribution is 6.36. The molecule has 6 heterocycles. The van der Waals surface area contributed by atoms with Gasteiger partial charge in [-0.3, -0.25) is 14.7 Å². The fourth-order valence-electron chi connectivity index (χ4n) is 7.90. The fourth-order valence-corrected chi connectivity index (χ4v) is 8.19. The first kappa shape index (κ1) is 33.0. The van der Waals surface area contributed by atoms with Crippen LogP contribution < -0.4 is 9.64 Å². The molecule has 3 aliphatic heterocycles. The first-order chi connectivity index (χ1) is 24.8. The van der Waals surface area contributed by atoms with E-state index < -0.39 is 11.9 Å². The molecule has 14 heteroatoms. The second-order valence-electron chi connectivity index (χ2n) is 13.4. The van der Waals surface area contributed by atoms with Gasteiger partial charge in [0.15, 0.2) is 11.6 Å². The van der Waals surface area contributed by atoms with E-state index in [2.05, 4.69) is 31.1 Å². The van der Waals surface area contributed by atoms with Gasteiger partial charge in [-0.1, -0.05) is 47.1 Å². The van der Waals surface area contributed by atoms with E-state index in [9.17, 15) is 10.1 Å². The normalized spacial score (nSPS) is 18.9. The molecule has 0 aliphatic carbocycles. The van der Waals surface area contributed by atoms with Gasteiger partial charge in [0, 0.05) is 54.0 Å². The minimum Gasteiger partial charge on any atom is -0.461 e. The van der Waals surface area contributed by atoms with E-state index in [0.717, 1.165) is 44.2 Å². The average Bonchev–Trinajstić information content (AvgIpc) is 3.86. The Morgan fingerprint density at radius 3 is 2.71 bits per heavy atom. The van der Waals surface area contributed by atoms with Gasteiger partial charge < -0.3 is 19.1 Å². The van der Waals surface area contributed by atoms with Crippen molar-refractivity contribution < 1.29 is 18.4 Å². The summed E-state index contributed by atoms with van der Waals surface area (Å²) in [6.07, 6.45) is 8.78. The molecule has 1 amide bonds. The molecule has 5 aromatic rings. The molecule has 3 aliphatic rings. The van der Waals surface area contributed by atoms with Crippen molar-refractivity contribution in [1.82, 2.24) is 34.9 Å². The summed E-state index contributed by atoms with van der Waals surface area (Å²) in [5.41, 5.74) is 0.673. The number of nitrogens with zero attached hydrogens (tertiary/aromatic N) is 9. The summed E-state index contributed by atoms with van der Waals surface area (Å²) in [6.45, 7) is 5.11. The molecule has 0 N–H and O–H groups in total. The van der Waals surface area contributed by atoms with Crippen LogP contribution in [0.5, 0.6) is 6.01 Å². The molecule has 2 aromatic carbocycles. The third-order valence-electron chi connectivity index (χ3n) is 10.3. The van der Waals surface area contributed by atoms with Crippen molar-refractivity contribution in [3.63, 3.8) is 0 Å². The third kappa shape index (κ3) is 6.12. The number of anilines is 1. The average molecular weight is 708 g/mol. The molecule has 260 valence electrons. The monoisotopic (exact) mass is 707 g/mol. The van der Waals surface area contributed by atoms with Crippen LogP contribution in [0.15, 0.2) is 53.2 Å². The Morgan fingerprint density at radius 1 is 1.14 bits per heavy atom. The minimum atomic E-state index is -0.612. The van der Waals surface area contributed by atoms with Gasteiger partial charge in [0.05, 0.1) is 29.5 Å². The zero-order valence-electron chi connectivity index (χ0n) is 28.1. The van der Waals surface area contributed by atoms with Gasteiger partial charge in [-0.15, -0.1) is 0 Å². The molecule has 51 heavy (non-hydrogen) atoms. The molecule has 8 rings (SSSR count). The quantitative estimate of drug-likeness (QED) is 0.176. The SMILES string of the molecule is Cc1noc(/C=C/C(=O)N2CCN(c3nc(OCC45CCCN4CCC5)nc4c(F)c(-c5cccc6cccc(Cl)c56)ncc34)C[C@@H]2CC#N)n1. The maximum Gasteiger partial charge on any atom is 0.319 e. The molecular weight excluding hydrogens is 673 g/mol. The molecule has 0 spiro atoms. The summed E-state index contributed by atoms with van der Waals surface area (Å²) >= 11 is 6.63. The second-order valence-corrected chi connectivity index (χ2v) is 13.8. The maximum atomic E-state index is 16.9. The van der Waals surface area contributed by atoms with Gasteiger partial charge in [0.2, 0.25) is 5.91 Å². The summed E-state index contributed by atoms with van der Waals surface area (Å²) in [5, 5.41) is 15.9. The first-order valence-corrected chi connectivity index (χ1v) is 17.5. The van der Waals surface area contributed by atoms with Crippen LogP contribution in [0.1, 0.15) is 43.8 Å². The molecule has 0 unspecified atom stereocenters. The number of hydrogen-bond acceptors (Lipinski definition) is 11. The molecule has 3 saturated heterocycles. The summed E-state index contributed by atoms with van der Waals surface area (Å²) in [7, 11) is 0. The van der Waals surface area contributed by atoms with E-state index in [4.69, 9.17) is 25.8 Å².